The molecule has 1 N–H and O–H groups in total. The maximum absolute atomic E-state index is 13.7. The number of hydrogen-bond acceptors (Lipinski definition) is 8. The molecule has 2 aromatic carbocycles. The number of para-hydroxylation sites is 1. The normalized spacial score (nSPS) is 11.4. The fourth-order valence-electron chi connectivity index (χ4n) is 4.33. The predicted octanol–water partition coefficient (Wildman–Crippen LogP) is 5.15. The van der Waals surface area contributed by atoms with Crippen molar-refractivity contribution >= 4 is 21.4 Å². The van der Waals surface area contributed by atoms with Gasteiger partial charge in [0.05, 0.1) is 19.1 Å². The van der Waals surface area contributed by atoms with Crippen LogP contribution in [0.25, 0.3) is 16.8 Å². The molecular formula is C28H28ClN3O6S. The van der Waals surface area contributed by atoms with Crippen LogP contribution in [0, 0.1) is 6.92 Å². The van der Waals surface area contributed by atoms with E-state index in [2.05, 4.69) is 9.97 Å². The predicted molar refractivity (Wildman–Crippen MR) is 148 cm³/mol. The SMILES string of the molecule is CCCCc1nc(=O)c(S(=O)(=O)c2ccc(-c3ccc(Cl)nc3C)cc2)c(O)n1-c1c(OC)cccc1OC. The molecule has 0 saturated carbocycles. The summed E-state index contributed by atoms with van der Waals surface area (Å²) in [6, 6.07) is 14.4. The topological polar surface area (TPSA) is 121 Å². The van der Waals surface area contributed by atoms with Gasteiger partial charge < -0.3 is 14.6 Å². The maximum atomic E-state index is 13.7. The van der Waals surface area contributed by atoms with Gasteiger partial charge >= 0.3 is 0 Å². The van der Waals surface area contributed by atoms with E-state index in [4.69, 9.17) is 21.1 Å². The van der Waals surface area contributed by atoms with Crippen LogP contribution in [-0.2, 0) is 16.3 Å². The van der Waals surface area contributed by atoms with Crippen LogP contribution >= 0.6 is 11.6 Å². The summed E-state index contributed by atoms with van der Waals surface area (Å²) < 4.78 is 39.7. The molecule has 204 valence electrons. The number of aromatic nitrogens is 3. The second-order valence-electron chi connectivity index (χ2n) is 8.73. The second-order valence-corrected chi connectivity index (χ2v) is 11.0. The van der Waals surface area contributed by atoms with E-state index in [-0.39, 0.29) is 16.4 Å². The third-order valence-electron chi connectivity index (χ3n) is 6.27. The Labute approximate surface area is 231 Å². The Morgan fingerprint density at radius 3 is 2.18 bits per heavy atom. The van der Waals surface area contributed by atoms with Crippen molar-refractivity contribution in [2.24, 2.45) is 0 Å². The van der Waals surface area contributed by atoms with E-state index < -0.39 is 26.2 Å². The van der Waals surface area contributed by atoms with E-state index in [0.29, 0.717) is 40.8 Å². The highest BCUT2D eigenvalue weighted by molar-refractivity contribution is 7.91. The van der Waals surface area contributed by atoms with Gasteiger partial charge in [-0.25, -0.2) is 13.4 Å². The van der Waals surface area contributed by atoms with E-state index in [1.807, 2.05) is 6.92 Å². The molecular weight excluding hydrogens is 542 g/mol. The van der Waals surface area contributed by atoms with Gasteiger partial charge in [0.15, 0.2) is 4.90 Å². The Morgan fingerprint density at radius 1 is 0.974 bits per heavy atom. The number of rotatable bonds is 9. The number of methoxy groups -OCH3 is 2. The molecule has 0 saturated heterocycles. The largest absolute Gasteiger partial charge is 0.494 e. The average molecular weight is 570 g/mol. The van der Waals surface area contributed by atoms with Gasteiger partial charge in [0.2, 0.25) is 15.7 Å². The van der Waals surface area contributed by atoms with E-state index in [9.17, 15) is 18.3 Å². The van der Waals surface area contributed by atoms with Gasteiger partial charge in [-0.2, -0.15) is 4.98 Å². The fourth-order valence-corrected chi connectivity index (χ4v) is 5.86. The van der Waals surface area contributed by atoms with E-state index in [1.54, 1.807) is 49.4 Å². The van der Waals surface area contributed by atoms with Crippen LogP contribution in [0.2, 0.25) is 5.15 Å². The lowest BCUT2D eigenvalue weighted by Gasteiger charge is -2.21. The molecule has 39 heavy (non-hydrogen) atoms. The highest BCUT2D eigenvalue weighted by atomic mass is 35.5. The molecule has 0 aliphatic heterocycles. The molecule has 0 spiro atoms. The molecule has 9 nitrogen and oxygen atoms in total. The number of hydrogen-bond donors (Lipinski definition) is 1. The maximum Gasteiger partial charge on any atom is 0.296 e. The first-order chi connectivity index (χ1) is 18.6. The Kier molecular flexibility index (Phi) is 8.27. The highest BCUT2D eigenvalue weighted by Crippen LogP contribution is 2.38. The van der Waals surface area contributed by atoms with Crippen LogP contribution in [0.3, 0.4) is 0 Å². The summed E-state index contributed by atoms with van der Waals surface area (Å²) in [5.74, 6) is 0.00729. The molecule has 0 aliphatic rings. The number of halogens is 1. The first kappa shape index (κ1) is 28.1. The summed E-state index contributed by atoms with van der Waals surface area (Å²) in [7, 11) is -1.61. The summed E-state index contributed by atoms with van der Waals surface area (Å²) in [5.41, 5.74) is 1.35. The Hall–Kier alpha value is -3.89. The Bertz CT molecular complexity index is 1660. The molecule has 4 aromatic rings. The third kappa shape index (κ3) is 5.35. The van der Waals surface area contributed by atoms with Crippen molar-refractivity contribution in [2.45, 2.75) is 42.9 Å². The zero-order valence-corrected chi connectivity index (χ0v) is 23.5. The van der Waals surface area contributed by atoms with Crippen molar-refractivity contribution in [1.82, 2.24) is 14.5 Å². The summed E-state index contributed by atoms with van der Waals surface area (Å²) in [6.45, 7) is 3.76. The van der Waals surface area contributed by atoms with Crippen molar-refractivity contribution in [2.75, 3.05) is 14.2 Å². The molecule has 0 aliphatic carbocycles. The van der Waals surface area contributed by atoms with Crippen LogP contribution in [0.5, 0.6) is 17.4 Å². The Morgan fingerprint density at radius 2 is 1.62 bits per heavy atom. The zero-order valence-electron chi connectivity index (χ0n) is 21.9. The number of ether oxygens (including phenoxy) is 2. The van der Waals surface area contributed by atoms with Crippen molar-refractivity contribution in [3.63, 3.8) is 0 Å². The number of aryl methyl sites for hydroxylation is 2. The van der Waals surface area contributed by atoms with Crippen molar-refractivity contribution in [1.29, 1.82) is 0 Å². The zero-order chi connectivity index (χ0) is 28.3. The number of aromatic hydroxyl groups is 1. The summed E-state index contributed by atoms with van der Waals surface area (Å²) >= 11 is 5.95. The van der Waals surface area contributed by atoms with Gasteiger partial charge in [-0.3, -0.25) is 9.36 Å². The minimum absolute atomic E-state index is 0.181. The minimum atomic E-state index is -4.49. The number of benzene rings is 2. The van der Waals surface area contributed by atoms with E-state index >= 15 is 0 Å². The number of pyridine rings is 1. The van der Waals surface area contributed by atoms with Gasteiger partial charge in [0.1, 0.15) is 28.2 Å². The van der Waals surface area contributed by atoms with Gasteiger partial charge in [0, 0.05) is 17.7 Å². The fraction of sp³-hybridized carbons (Fsp3) is 0.250. The van der Waals surface area contributed by atoms with Gasteiger partial charge in [0.25, 0.3) is 5.56 Å². The molecule has 2 aromatic heterocycles. The summed E-state index contributed by atoms with van der Waals surface area (Å²) in [5, 5.41) is 11.8. The summed E-state index contributed by atoms with van der Waals surface area (Å²) in [6.07, 6.45) is 1.74. The van der Waals surface area contributed by atoms with E-state index in [1.165, 1.54) is 30.9 Å². The summed E-state index contributed by atoms with van der Waals surface area (Å²) in [4.78, 5) is 20.5. The number of unbranched alkanes of at least 4 members (excludes halogenated alkanes) is 1. The van der Waals surface area contributed by atoms with Crippen LogP contribution in [0.4, 0.5) is 0 Å². The minimum Gasteiger partial charge on any atom is -0.494 e. The molecule has 0 unspecified atom stereocenters. The molecule has 0 bridgehead atoms. The lowest BCUT2D eigenvalue weighted by atomic mass is 10.1. The van der Waals surface area contributed by atoms with Crippen LogP contribution in [-0.4, -0.2) is 42.3 Å². The number of nitrogens with zero attached hydrogens (tertiary/aromatic N) is 3. The quantitative estimate of drug-likeness (QED) is 0.275. The van der Waals surface area contributed by atoms with Gasteiger partial charge in [-0.1, -0.05) is 43.1 Å². The van der Waals surface area contributed by atoms with Crippen LogP contribution in [0.1, 0.15) is 31.3 Å². The first-order valence-electron chi connectivity index (χ1n) is 12.2. The molecule has 0 radical (unpaired) electrons. The third-order valence-corrected chi connectivity index (χ3v) is 8.27. The lowest BCUT2D eigenvalue weighted by Crippen LogP contribution is -2.25. The molecule has 0 amide bonds. The standard InChI is InChI=1S/C28H28ClN3O6S/c1-5-6-10-24-31-27(33)26(28(34)32(24)25-21(37-3)8-7-9-22(25)38-4)39(35,36)19-13-11-18(12-14-19)20-15-16-23(29)30-17(20)2/h7-9,11-16,34H,5-6,10H2,1-4H3. The van der Waals surface area contributed by atoms with Gasteiger partial charge in [-0.15, -0.1) is 0 Å². The highest BCUT2D eigenvalue weighted by Gasteiger charge is 2.31. The van der Waals surface area contributed by atoms with E-state index in [0.717, 1.165) is 12.0 Å². The van der Waals surface area contributed by atoms with Crippen LogP contribution < -0.4 is 15.0 Å². The first-order valence-corrected chi connectivity index (χ1v) is 14.0. The average Bonchev–Trinajstić information content (AvgIpc) is 2.91. The molecule has 0 fully saturated rings. The number of sulfone groups is 1. The second kappa shape index (κ2) is 11.5. The Balaban J connectivity index is 1.92. The molecule has 2 heterocycles. The molecule has 11 heteroatoms. The smallest absolute Gasteiger partial charge is 0.296 e. The van der Waals surface area contributed by atoms with Crippen molar-refractivity contribution in [3.05, 3.63) is 81.6 Å². The lowest BCUT2D eigenvalue weighted by molar-refractivity contribution is 0.374. The molecule has 4 rings (SSSR count). The van der Waals surface area contributed by atoms with Crippen molar-refractivity contribution in [3.8, 4) is 34.2 Å². The van der Waals surface area contributed by atoms with Crippen molar-refractivity contribution < 1.29 is 23.0 Å². The van der Waals surface area contributed by atoms with Crippen LogP contribution in [0.15, 0.2) is 69.2 Å². The van der Waals surface area contributed by atoms with Gasteiger partial charge in [-0.05, 0) is 55.3 Å². The monoisotopic (exact) mass is 569 g/mol. The molecule has 0 atom stereocenters.